The minimum atomic E-state index is -0.0895. The van der Waals surface area contributed by atoms with Crippen molar-refractivity contribution < 1.29 is 4.52 Å². The van der Waals surface area contributed by atoms with Crippen molar-refractivity contribution in [3.8, 4) is 11.5 Å². The Morgan fingerprint density at radius 3 is 2.57 bits per heavy atom. The quantitative estimate of drug-likeness (QED) is 0.797. The first-order chi connectivity index (χ1) is 10.3. The molecule has 1 aliphatic carbocycles. The zero-order valence-corrected chi connectivity index (χ0v) is 12.3. The first-order valence-corrected chi connectivity index (χ1v) is 7.91. The molecule has 0 aliphatic heterocycles. The Kier molecular flexibility index (Phi) is 2.82. The maximum atomic E-state index is 5.94. The van der Waals surface area contributed by atoms with E-state index in [1.807, 2.05) is 17.5 Å². The second-order valence-corrected chi connectivity index (χ2v) is 6.37. The van der Waals surface area contributed by atoms with Gasteiger partial charge in [0.05, 0.1) is 16.0 Å². The maximum Gasteiger partial charge on any atom is 0.260 e. The fourth-order valence-electron chi connectivity index (χ4n) is 2.95. The third kappa shape index (κ3) is 1.88. The summed E-state index contributed by atoms with van der Waals surface area (Å²) in [5, 5.41) is 6.90. The highest BCUT2D eigenvalue weighted by Gasteiger charge is 2.44. The van der Waals surface area contributed by atoms with Crippen molar-refractivity contribution in [2.75, 3.05) is 5.73 Å². The van der Waals surface area contributed by atoms with E-state index in [9.17, 15) is 0 Å². The molecule has 0 unspecified atom stereocenters. The third-order valence-corrected chi connectivity index (χ3v) is 5.06. The summed E-state index contributed by atoms with van der Waals surface area (Å²) in [5.74, 6) is 1.30. The van der Waals surface area contributed by atoms with Crippen LogP contribution in [0.1, 0.15) is 30.7 Å². The number of benzene rings is 1. The van der Waals surface area contributed by atoms with Crippen LogP contribution in [0.25, 0.3) is 11.5 Å². The maximum absolute atomic E-state index is 5.94. The second kappa shape index (κ2) is 4.70. The van der Waals surface area contributed by atoms with E-state index in [0.717, 1.165) is 24.2 Å². The number of aromatic nitrogens is 2. The van der Waals surface area contributed by atoms with E-state index in [2.05, 4.69) is 34.4 Å². The number of thiophene rings is 1. The van der Waals surface area contributed by atoms with Crippen molar-refractivity contribution in [3.05, 3.63) is 53.2 Å². The Hall–Kier alpha value is -2.14. The third-order valence-electron chi connectivity index (χ3n) is 4.31. The van der Waals surface area contributed by atoms with Crippen molar-refractivity contribution >= 4 is 16.3 Å². The molecular weight excluding hydrogens is 282 g/mol. The number of nitrogens with two attached hydrogens (primary N) is 1. The number of rotatable bonds is 3. The first-order valence-electron chi connectivity index (χ1n) is 7.03. The van der Waals surface area contributed by atoms with Crippen LogP contribution < -0.4 is 5.73 Å². The van der Waals surface area contributed by atoms with Crippen LogP contribution >= 0.6 is 11.3 Å². The van der Waals surface area contributed by atoms with Gasteiger partial charge in [-0.2, -0.15) is 4.98 Å². The molecule has 2 aromatic heterocycles. The van der Waals surface area contributed by atoms with Gasteiger partial charge >= 0.3 is 0 Å². The number of hydrogen-bond donors (Lipinski definition) is 1. The zero-order chi connectivity index (χ0) is 14.3. The standard InChI is InChI=1S/C16H15N3OS/c17-13-12(7-10-21-13)14-18-15(19-20-14)16(8-4-9-16)11-5-2-1-3-6-11/h1-3,5-7,10H,4,8-9,17H2. The average molecular weight is 297 g/mol. The van der Waals surface area contributed by atoms with Crippen LogP contribution in [0.5, 0.6) is 0 Å². The van der Waals surface area contributed by atoms with Crippen LogP contribution in [-0.2, 0) is 5.41 Å². The van der Waals surface area contributed by atoms with Gasteiger partial charge in [0.2, 0.25) is 0 Å². The largest absolute Gasteiger partial charge is 0.390 e. The van der Waals surface area contributed by atoms with E-state index >= 15 is 0 Å². The van der Waals surface area contributed by atoms with E-state index in [1.54, 1.807) is 0 Å². The second-order valence-electron chi connectivity index (χ2n) is 5.42. The van der Waals surface area contributed by atoms with Crippen LogP contribution in [0.15, 0.2) is 46.3 Å². The lowest BCUT2D eigenvalue weighted by molar-refractivity contribution is 0.273. The smallest absolute Gasteiger partial charge is 0.260 e. The van der Waals surface area contributed by atoms with Gasteiger partial charge in [0, 0.05) is 0 Å². The summed E-state index contributed by atoms with van der Waals surface area (Å²) in [5.41, 5.74) is 7.95. The molecule has 0 spiro atoms. The molecule has 1 aliphatic rings. The molecule has 1 saturated carbocycles. The lowest BCUT2D eigenvalue weighted by Crippen LogP contribution is -2.36. The molecule has 1 fully saturated rings. The highest BCUT2D eigenvalue weighted by atomic mass is 32.1. The molecule has 106 valence electrons. The fourth-order valence-corrected chi connectivity index (χ4v) is 3.59. The molecule has 3 aromatic rings. The minimum absolute atomic E-state index is 0.0895. The molecule has 0 bridgehead atoms. The minimum Gasteiger partial charge on any atom is -0.390 e. The van der Waals surface area contributed by atoms with Gasteiger partial charge in [0.1, 0.15) is 0 Å². The van der Waals surface area contributed by atoms with Crippen molar-refractivity contribution in [1.82, 2.24) is 10.1 Å². The number of nitrogens with zero attached hydrogens (tertiary/aromatic N) is 2. The SMILES string of the molecule is Nc1sccc1-c1nc(C2(c3ccccc3)CCC2)no1. The number of nitrogen functional groups attached to an aromatic ring is 1. The van der Waals surface area contributed by atoms with Crippen LogP contribution in [0.3, 0.4) is 0 Å². The van der Waals surface area contributed by atoms with Crippen molar-refractivity contribution in [1.29, 1.82) is 0 Å². The lowest BCUT2D eigenvalue weighted by Gasteiger charge is -2.39. The van der Waals surface area contributed by atoms with Gasteiger partial charge in [-0.3, -0.25) is 0 Å². The summed E-state index contributed by atoms with van der Waals surface area (Å²) in [7, 11) is 0. The molecule has 2 heterocycles. The monoisotopic (exact) mass is 297 g/mol. The van der Waals surface area contributed by atoms with Crippen molar-refractivity contribution in [3.63, 3.8) is 0 Å². The molecule has 21 heavy (non-hydrogen) atoms. The van der Waals surface area contributed by atoms with E-state index in [-0.39, 0.29) is 5.41 Å². The van der Waals surface area contributed by atoms with Crippen LogP contribution in [0.2, 0.25) is 0 Å². The van der Waals surface area contributed by atoms with Gasteiger partial charge < -0.3 is 10.3 Å². The summed E-state index contributed by atoms with van der Waals surface area (Å²) < 4.78 is 5.46. The molecule has 5 heteroatoms. The van der Waals surface area contributed by atoms with Gasteiger partial charge in [-0.05, 0) is 29.9 Å². The molecular formula is C16H15N3OS. The Balaban J connectivity index is 1.76. The molecule has 0 amide bonds. The molecule has 0 saturated heterocycles. The molecule has 1 aromatic carbocycles. The predicted molar refractivity (Wildman–Crippen MR) is 83.1 cm³/mol. The summed E-state index contributed by atoms with van der Waals surface area (Å²) in [6, 6.07) is 12.4. The highest BCUT2D eigenvalue weighted by molar-refractivity contribution is 7.14. The molecule has 2 N–H and O–H groups in total. The van der Waals surface area contributed by atoms with E-state index in [4.69, 9.17) is 10.3 Å². The first kappa shape index (κ1) is 12.6. The summed E-state index contributed by atoms with van der Waals surface area (Å²) >= 11 is 1.48. The van der Waals surface area contributed by atoms with Gasteiger partial charge in [-0.1, -0.05) is 41.9 Å². The summed E-state index contributed by atoms with van der Waals surface area (Å²) in [6.07, 6.45) is 3.32. The van der Waals surface area contributed by atoms with Gasteiger partial charge in [-0.25, -0.2) is 0 Å². The number of hydrogen-bond acceptors (Lipinski definition) is 5. The fraction of sp³-hybridized carbons (Fsp3) is 0.250. The van der Waals surface area contributed by atoms with E-state index < -0.39 is 0 Å². The molecule has 0 atom stereocenters. The lowest BCUT2D eigenvalue weighted by atomic mass is 9.64. The average Bonchev–Trinajstić information content (AvgIpc) is 3.08. The topological polar surface area (TPSA) is 64.9 Å². The van der Waals surface area contributed by atoms with Crippen LogP contribution in [0, 0.1) is 0 Å². The molecule has 4 rings (SSSR count). The van der Waals surface area contributed by atoms with E-state index in [0.29, 0.717) is 10.9 Å². The molecule has 4 nitrogen and oxygen atoms in total. The number of anilines is 1. The summed E-state index contributed by atoms with van der Waals surface area (Å²) in [4.78, 5) is 4.63. The highest BCUT2D eigenvalue weighted by Crippen LogP contribution is 2.48. The van der Waals surface area contributed by atoms with Gasteiger partial charge in [0.25, 0.3) is 5.89 Å². The van der Waals surface area contributed by atoms with Crippen LogP contribution in [-0.4, -0.2) is 10.1 Å². The Labute approximate surface area is 126 Å². The Bertz CT molecular complexity index is 759. The van der Waals surface area contributed by atoms with Crippen molar-refractivity contribution in [2.24, 2.45) is 0 Å². The Morgan fingerprint density at radius 1 is 1.14 bits per heavy atom. The van der Waals surface area contributed by atoms with Crippen molar-refractivity contribution in [2.45, 2.75) is 24.7 Å². The van der Waals surface area contributed by atoms with Gasteiger partial charge in [0.15, 0.2) is 5.82 Å². The predicted octanol–water partition coefficient (Wildman–Crippen LogP) is 3.85. The van der Waals surface area contributed by atoms with E-state index in [1.165, 1.54) is 23.3 Å². The normalized spacial score (nSPS) is 16.6. The Morgan fingerprint density at radius 2 is 1.95 bits per heavy atom. The molecule has 0 radical (unpaired) electrons. The van der Waals surface area contributed by atoms with Crippen LogP contribution in [0.4, 0.5) is 5.00 Å². The zero-order valence-electron chi connectivity index (χ0n) is 11.5. The van der Waals surface area contributed by atoms with Gasteiger partial charge in [-0.15, -0.1) is 11.3 Å². The summed E-state index contributed by atoms with van der Waals surface area (Å²) in [6.45, 7) is 0.